The number of benzene rings is 1. The predicted molar refractivity (Wildman–Crippen MR) is 76.7 cm³/mol. The van der Waals surface area contributed by atoms with Gasteiger partial charge in [-0.05, 0) is 49.9 Å². The van der Waals surface area contributed by atoms with E-state index < -0.39 is 0 Å². The Labute approximate surface area is 113 Å². The molecule has 0 unspecified atom stereocenters. The first kappa shape index (κ1) is 12.5. The fraction of sp³-hybridized carbons (Fsp3) is 0.500. The lowest BCUT2D eigenvalue weighted by molar-refractivity contribution is 0.337. The number of rotatable bonds is 5. The average molecular weight is 259 g/mol. The van der Waals surface area contributed by atoms with E-state index in [2.05, 4.69) is 13.0 Å². The lowest BCUT2D eigenvalue weighted by Gasteiger charge is -2.10. The second-order valence-electron chi connectivity index (χ2n) is 5.23. The van der Waals surface area contributed by atoms with E-state index >= 15 is 0 Å². The van der Waals surface area contributed by atoms with Crippen LogP contribution in [0.1, 0.15) is 37.5 Å². The lowest BCUT2D eigenvalue weighted by Crippen LogP contribution is -2.03. The van der Waals surface area contributed by atoms with Crippen molar-refractivity contribution in [3.8, 4) is 5.75 Å². The first-order valence-corrected chi connectivity index (χ1v) is 7.16. The van der Waals surface area contributed by atoms with Crippen LogP contribution in [0.25, 0.3) is 11.0 Å². The van der Waals surface area contributed by atoms with Gasteiger partial charge in [-0.25, -0.2) is 0 Å². The Bertz CT molecular complexity index is 588. The first-order chi connectivity index (χ1) is 9.28. The van der Waals surface area contributed by atoms with Gasteiger partial charge >= 0.3 is 0 Å². The number of aryl methyl sites for hydroxylation is 1. The Balaban J connectivity index is 2.11. The van der Waals surface area contributed by atoms with Crippen LogP contribution in [-0.4, -0.2) is 13.2 Å². The molecule has 1 aromatic carbocycles. The highest BCUT2D eigenvalue weighted by Gasteiger charge is 2.40. The Morgan fingerprint density at radius 3 is 2.84 bits per heavy atom. The number of hydrogen-bond donors (Lipinski definition) is 1. The molecule has 3 nitrogen and oxygen atoms in total. The molecule has 1 aliphatic rings. The smallest absolute Gasteiger partial charge is 0.134 e. The zero-order valence-corrected chi connectivity index (χ0v) is 11.6. The highest BCUT2D eigenvalue weighted by atomic mass is 16.5. The normalized spacial score (nSPS) is 21.8. The van der Waals surface area contributed by atoms with E-state index in [9.17, 15) is 0 Å². The molecule has 1 saturated carbocycles. The van der Waals surface area contributed by atoms with E-state index in [-0.39, 0.29) is 0 Å². The molecule has 1 fully saturated rings. The van der Waals surface area contributed by atoms with Gasteiger partial charge < -0.3 is 14.9 Å². The molecule has 1 aliphatic carbocycles. The van der Waals surface area contributed by atoms with Crippen LogP contribution in [0, 0.1) is 5.92 Å². The average Bonchev–Trinajstić information content (AvgIpc) is 3.08. The molecule has 0 saturated heterocycles. The monoisotopic (exact) mass is 259 g/mol. The summed E-state index contributed by atoms with van der Waals surface area (Å²) in [5.74, 6) is 3.18. The Kier molecular flexibility index (Phi) is 3.23. The van der Waals surface area contributed by atoms with Crippen LogP contribution < -0.4 is 10.5 Å². The van der Waals surface area contributed by atoms with Crippen molar-refractivity contribution in [1.29, 1.82) is 0 Å². The molecule has 1 heterocycles. The number of fused-ring (bicyclic) bond motifs is 1. The highest BCUT2D eigenvalue weighted by molar-refractivity contribution is 5.85. The Morgan fingerprint density at radius 1 is 1.37 bits per heavy atom. The molecule has 3 heteroatoms. The van der Waals surface area contributed by atoms with Crippen LogP contribution in [0.15, 0.2) is 22.6 Å². The van der Waals surface area contributed by atoms with Crippen LogP contribution in [0.2, 0.25) is 0 Å². The second kappa shape index (κ2) is 4.89. The molecule has 19 heavy (non-hydrogen) atoms. The van der Waals surface area contributed by atoms with Gasteiger partial charge in [-0.15, -0.1) is 0 Å². The van der Waals surface area contributed by atoms with Gasteiger partial charge in [0.15, 0.2) is 0 Å². The molecular formula is C16H21NO2. The molecule has 1 aromatic heterocycles. The number of hydrogen-bond acceptors (Lipinski definition) is 3. The third kappa shape index (κ3) is 2.12. The summed E-state index contributed by atoms with van der Waals surface area (Å²) in [6.07, 6.45) is 2.09. The minimum atomic E-state index is 0.539. The van der Waals surface area contributed by atoms with E-state index in [1.54, 1.807) is 0 Å². The number of nitrogens with two attached hydrogens (primary N) is 1. The molecule has 2 aromatic rings. The van der Waals surface area contributed by atoms with Crippen molar-refractivity contribution in [3.05, 3.63) is 29.5 Å². The summed E-state index contributed by atoms with van der Waals surface area (Å²) in [5.41, 5.74) is 8.07. The van der Waals surface area contributed by atoms with Crippen molar-refractivity contribution < 1.29 is 9.15 Å². The van der Waals surface area contributed by atoms with Crippen LogP contribution in [0.5, 0.6) is 5.75 Å². The molecule has 0 radical (unpaired) electrons. The summed E-state index contributed by atoms with van der Waals surface area (Å²) in [7, 11) is 0. The molecule has 2 atom stereocenters. The second-order valence-corrected chi connectivity index (χ2v) is 5.23. The SMILES string of the molecule is CCOc1ccc2oc(CC)cc2c1[C@@H]1C[C@H]1CN. The maximum absolute atomic E-state index is 5.85. The first-order valence-electron chi connectivity index (χ1n) is 7.16. The predicted octanol–water partition coefficient (Wildman–Crippen LogP) is 3.46. The maximum atomic E-state index is 5.85. The van der Waals surface area contributed by atoms with E-state index in [1.165, 1.54) is 17.4 Å². The van der Waals surface area contributed by atoms with Crippen LogP contribution in [0.4, 0.5) is 0 Å². The largest absolute Gasteiger partial charge is 0.494 e. The van der Waals surface area contributed by atoms with Crippen molar-refractivity contribution in [1.82, 2.24) is 0 Å². The fourth-order valence-corrected chi connectivity index (χ4v) is 2.87. The molecule has 3 rings (SSSR count). The molecular weight excluding hydrogens is 238 g/mol. The molecule has 0 bridgehead atoms. The van der Waals surface area contributed by atoms with Gasteiger partial charge in [-0.1, -0.05) is 6.92 Å². The van der Waals surface area contributed by atoms with Gasteiger partial charge in [-0.2, -0.15) is 0 Å². The van der Waals surface area contributed by atoms with Crippen LogP contribution in [0.3, 0.4) is 0 Å². The summed E-state index contributed by atoms with van der Waals surface area (Å²) < 4.78 is 11.7. The molecule has 0 aliphatic heterocycles. The molecule has 0 spiro atoms. The Morgan fingerprint density at radius 2 is 2.21 bits per heavy atom. The fourth-order valence-electron chi connectivity index (χ4n) is 2.87. The van der Waals surface area contributed by atoms with Crippen molar-refractivity contribution in [2.75, 3.05) is 13.2 Å². The summed E-state index contributed by atoms with van der Waals surface area (Å²) >= 11 is 0. The topological polar surface area (TPSA) is 48.4 Å². The van der Waals surface area contributed by atoms with Crippen molar-refractivity contribution in [3.63, 3.8) is 0 Å². The van der Waals surface area contributed by atoms with E-state index in [1.807, 2.05) is 19.1 Å². The molecule has 0 amide bonds. The van der Waals surface area contributed by atoms with Gasteiger partial charge in [0.2, 0.25) is 0 Å². The summed E-state index contributed by atoms with van der Waals surface area (Å²) in [6, 6.07) is 6.22. The van der Waals surface area contributed by atoms with E-state index in [0.29, 0.717) is 18.4 Å². The Hall–Kier alpha value is -1.48. The third-order valence-corrected chi connectivity index (χ3v) is 4.00. The lowest BCUT2D eigenvalue weighted by atomic mass is 10.0. The summed E-state index contributed by atoms with van der Waals surface area (Å²) in [4.78, 5) is 0. The van der Waals surface area contributed by atoms with E-state index in [0.717, 1.165) is 30.1 Å². The van der Waals surface area contributed by atoms with Gasteiger partial charge in [0.1, 0.15) is 17.1 Å². The van der Waals surface area contributed by atoms with Crippen LogP contribution in [-0.2, 0) is 6.42 Å². The standard InChI is InChI=1S/C16H21NO2/c1-3-11-8-13-14(19-11)5-6-15(18-4-2)16(13)12-7-10(12)9-17/h5-6,8,10,12H,3-4,7,9,17H2,1-2H3/t10-,12+/m0/s1. The van der Waals surface area contributed by atoms with Gasteiger partial charge in [0, 0.05) is 17.4 Å². The number of furan rings is 1. The van der Waals surface area contributed by atoms with Gasteiger partial charge in [0.25, 0.3) is 0 Å². The minimum Gasteiger partial charge on any atom is -0.494 e. The summed E-state index contributed by atoms with van der Waals surface area (Å²) in [5, 5.41) is 1.21. The van der Waals surface area contributed by atoms with E-state index in [4.69, 9.17) is 14.9 Å². The van der Waals surface area contributed by atoms with Gasteiger partial charge in [0.05, 0.1) is 6.61 Å². The highest BCUT2D eigenvalue weighted by Crippen LogP contribution is 2.52. The summed E-state index contributed by atoms with van der Waals surface area (Å²) in [6.45, 7) is 5.58. The quantitative estimate of drug-likeness (QED) is 0.894. The zero-order valence-electron chi connectivity index (χ0n) is 11.6. The minimum absolute atomic E-state index is 0.539. The maximum Gasteiger partial charge on any atom is 0.134 e. The third-order valence-electron chi connectivity index (χ3n) is 4.00. The van der Waals surface area contributed by atoms with Crippen molar-refractivity contribution >= 4 is 11.0 Å². The molecule has 2 N–H and O–H groups in total. The number of ether oxygens (including phenoxy) is 1. The van der Waals surface area contributed by atoms with Crippen LogP contribution >= 0.6 is 0 Å². The molecule has 102 valence electrons. The zero-order chi connectivity index (χ0) is 13.4. The van der Waals surface area contributed by atoms with Crippen molar-refractivity contribution in [2.45, 2.75) is 32.6 Å². The van der Waals surface area contributed by atoms with Crippen molar-refractivity contribution in [2.24, 2.45) is 11.7 Å². The van der Waals surface area contributed by atoms with Gasteiger partial charge in [-0.3, -0.25) is 0 Å².